The normalized spacial score (nSPS) is 19.0. The third kappa shape index (κ3) is 2.92. The van der Waals surface area contributed by atoms with Gasteiger partial charge < -0.3 is 16.5 Å². The second kappa shape index (κ2) is 6.74. The molecule has 1 saturated heterocycles. The van der Waals surface area contributed by atoms with Crippen LogP contribution in [0.15, 0.2) is 60.7 Å². The van der Waals surface area contributed by atoms with E-state index in [1.165, 1.54) is 0 Å². The molecule has 1 aliphatic heterocycles. The van der Waals surface area contributed by atoms with Gasteiger partial charge in [0.15, 0.2) is 0 Å². The molecule has 0 aromatic heterocycles. The van der Waals surface area contributed by atoms with Gasteiger partial charge >= 0.3 is 38.6 Å². The number of benzene rings is 2. The van der Waals surface area contributed by atoms with E-state index in [2.05, 4.69) is 0 Å². The number of hydrogen-bond donors (Lipinski definition) is 0. The molecule has 0 atom stereocenters. The molecule has 0 spiro atoms. The third-order valence-corrected chi connectivity index (χ3v) is 9.33. The highest BCUT2D eigenvalue weighted by atomic mass is 28.5. The van der Waals surface area contributed by atoms with Crippen LogP contribution in [0.5, 0.6) is 0 Å². The Labute approximate surface area is 126 Å². The van der Waals surface area contributed by atoms with Gasteiger partial charge in [0, 0.05) is 0 Å². The lowest BCUT2D eigenvalue weighted by Crippen LogP contribution is -2.65. The van der Waals surface area contributed by atoms with Gasteiger partial charge in [-0.25, -0.2) is 0 Å². The fourth-order valence-electron chi connectivity index (χ4n) is 1.95. The molecule has 0 saturated carbocycles. The molecular weight excluding hydrogens is 320 g/mol. The molecule has 6 radical (unpaired) electrons. The van der Waals surface area contributed by atoms with Crippen molar-refractivity contribution in [2.45, 2.75) is 0 Å². The summed E-state index contributed by atoms with van der Waals surface area (Å²) in [5.74, 6) is 0. The molecule has 98 valence electrons. The molecule has 3 rings (SSSR count). The van der Waals surface area contributed by atoms with Gasteiger partial charge in [-0.3, -0.25) is 0 Å². The van der Waals surface area contributed by atoms with E-state index in [1.807, 2.05) is 60.7 Å². The highest BCUT2D eigenvalue weighted by molar-refractivity contribution is 6.96. The molecule has 0 bridgehead atoms. The number of hydrogen-bond acceptors (Lipinski definition) is 4. The first-order valence-electron chi connectivity index (χ1n) is 5.95. The van der Waals surface area contributed by atoms with Crippen LogP contribution in [0.4, 0.5) is 0 Å². The summed E-state index contributed by atoms with van der Waals surface area (Å²) in [5, 5.41) is 2.12. The van der Waals surface area contributed by atoms with Crippen LogP contribution in [-0.2, 0) is 16.5 Å². The molecular formula is C12H10O4Si4. The average Bonchev–Trinajstić information content (AvgIpc) is 2.49. The van der Waals surface area contributed by atoms with Crippen molar-refractivity contribution in [2.24, 2.45) is 0 Å². The van der Waals surface area contributed by atoms with E-state index in [4.69, 9.17) is 16.5 Å². The lowest BCUT2D eigenvalue weighted by molar-refractivity contribution is 0.325. The van der Waals surface area contributed by atoms with E-state index < -0.39 is 8.56 Å². The van der Waals surface area contributed by atoms with Gasteiger partial charge in [-0.05, 0) is 10.4 Å². The smallest absolute Gasteiger partial charge is 0.412 e. The summed E-state index contributed by atoms with van der Waals surface area (Å²) in [7, 11) is -2.92. The summed E-state index contributed by atoms with van der Waals surface area (Å²) in [4.78, 5) is 0. The van der Waals surface area contributed by atoms with Crippen LogP contribution in [0.1, 0.15) is 0 Å². The molecule has 20 heavy (non-hydrogen) atoms. The zero-order valence-corrected chi connectivity index (χ0v) is 14.4. The molecule has 1 heterocycles. The summed E-state index contributed by atoms with van der Waals surface area (Å²) in [5.41, 5.74) is 0. The van der Waals surface area contributed by atoms with E-state index in [0.29, 0.717) is 0 Å². The first-order valence-corrected chi connectivity index (χ1v) is 10.2. The number of rotatable bonds is 2. The molecule has 0 unspecified atom stereocenters. The van der Waals surface area contributed by atoms with Crippen LogP contribution in [0, 0.1) is 0 Å². The van der Waals surface area contributed by atoms with Crippen molar-refractivity contribution in [3.05, 3.63) is 60.7 Å². The van der Waals surface area contributed by atoms with Gasteiger partial charge in [0.2, 0.25) is 0 Å². The van der Waals surface area contributed by atoms with Gasteiger partial charge in [0.25, 0.3) is 0 Å². The lowest BCUT2D eigenvalue weighted by atomic mass is 10.4. The Morgan fingerprint density at radius 2 is 1.05 bits per heavy atom. The van der Waals surface area contributed by atoms with Crippen molar-refractivity contribution in [3.63, 3.8) is 0 Å². The zero-order chi connectivity index (χ0) is 13.7. The van der Waals surface area contributed by atoms with Crippen LogP contribution >= 0.6 is 0 Å². The first kappa shape index (κ1) is 14.1. The van der Waals surface area contributed by atoms with Gasteiger partial charge in [-0.15, -0.1) is 0 Å². The summed E-state index contributed by atoms with van der Waals surface area (Å²) in [6.45, 7) is 0. The fourth-order valence-corrected chi connectivity index (χ4v) is 8.81. The zero-order valence-electron chi connectivity index (χ0n) is 10.4. The van der Waals surface area contributed by atoms with Gasteiger partial charge in [0.05, 0.1) is 0 Å². The van der Waals surface area contributed by atoms with Crippen LogP contribution < -0.4 is 10.4 Å². The predicted molar refractivity (Wildman–Crippen MR) is 79.5 cm³/mol. The Morgan fingerprint density at radius 1 is 0.600 bits per heavy atom. The molecule has 8 heteroatoms. The maximum atomic E-state index is 6.10. The molecule has 1 fully saturated rings. The van der Waals surface area contributed by atoms with Crippen LogP contribution in [-0.4, -0.2) is 38.6 Å². The maximum absolute atomic E-state index is 6.10. The Kier molecular flexibility index (Phi) is 4.75. The largest absolute Gasteiger partial charge is 0.413 e. The van der Waals surface area contributed by atoms with E-state index in [-0.39, 0.29) is 30.0 Å². The van der Waals surface area contributed by atoms with E-state index in [9.17, 15) is 0 Å². The minimum Gasteiger partial charge on any atom is -0.412 e. The molecule has 2 aromatic carbocycles. The van der Waals surface area contributed by atoms with E-state index >= 15 is 0 Å². The van der Waals surface area contributed by atoms with Crippen molar-refractivity contribution >= 4 is 49.0 Å². The van der Waals surface area contributed by atoms with E-state index in [1.54, 1.807) is 0 Å². The van der Waals surface area contributed by atoms with Crippen molar-refractivity contribution in [2.75, 3.05) is 0 Å². The Hall–Kier alpha value is -0.852. The molecule has 0 N–H and O–H groups in total. The van der Waals surface area contributed by atoms with Gasteiger partial charge in [-0.2, -0.15) is 0 Å². The Balaban J connectivity index is 2.06. The van der Waals surface area contributed by atoms with E-state index in [0.717, 1.165) is 10.4 Å². The summed E-state index contributed by atoms with van der Waals surface area (Å²) >= 11 is 0. The molecule has 1 aliphatic rings. The quantitative estimate of drug-likeness (QED) is 0.722. The van der Waals surface area contributed by atoms with Crippen LogP contribution in [0.3, 0.4) is 0 Å². The topological polar surface area (TPSA) is 36.9 Å². The minimum absolute atomic E-state index is 0.0214. The molecule has 2 aromatic rings. The first-order chi connectivity index (χ1) is 9.92. The second-order valence-electron chi connectivity index (χ2n) is 4.01. The summed E-state index contributed by atoms with van der Waals surface area (Å²) < 4.78 is 22.9. The summed E-state index contributed by atoms with van der Waals surface area (Å²) in [6, 6.07) is 20.1. The molecule has 0 amide bonds. The molecule has 4 nitrogen and oxygen atoms in total. The van der Waals surface area contributed by atoms with Crippen LogP contribution in [0.25, 0.3) is 0 Å². The lowest BCUT2D eigenvalue weighted by Gasteiger charge is -2.32. The predicted octanol–water partition coefficient (Wildman–Crippen LogP) is -0.0744. The van der Waals surface area contributed by atoms with Crippen molar-refractivity contribution in [1.82, 2.24) is 0 Å². The third-order valence-electron chi connectivity index (χ3n) is 2.85. The average molecular weight is 331 g/mol. The highest BCUT2D eigenvalue weighted by Crippen LogP contribution is 2.10. The van der Waals surface area contributed by atoms with Crippen molar-refractivity contribution in [1.29, 1.82) is 0 Å². The second-order valence-corrected chi connectivity index (χ2v) is 10.2. The standard InChI is InChI=1S/C12H10O4Si4/c1-3-7-11(8-4-1)20(12-9-5-2-6-10-12)15-18-13-17-14-19-16-20/h1-10H. The highest BCUT2D eigenvalue weighted by Gasteiger charge is 2.43. The summed E-state index contributed by atoms with van der Waals surface area (Å²) in [6.07, 6.45) is 0. The maximum Gasteiger partial charge on any atom is 0.413 e. The monoisotopic (exact) mass is 330 g/mol. The fraction of sp³-hybridized carbons (Fsp3) is 0. The SMILES string of the molecule is c1ccc([Si]2(c3ccccc3)O[Si]O[Si]O[Si]O2)cc1. The minimum atomic E-state index is -2.74. The van der Waals surface area contributed by atoms with Gasteiger partial charge in [-0.1, -0.05) is 60.7 Å². The van der Waals surface area contributed by atoms with Crippen molar-refractivity contribution in [3.8, 4) is 0 Å². The Bertz CT molecular complexity index is 490. The van der Waals surface area contributed by atoms with Crippen molar-refractivity contribution < 1.29 is 16.5 Å². The molecule has 0 aliphatic carbocycles. The van der Waals surface area contributed by atoms with Crippen LogP contribution in [0.2, 0.25) is 0 Å². The van der Waals surface area contributed by atoms with Gasteiger partial charge in [0.1, 0.15) is 0 Å². The Morgan fingerprint density at radius 3 is 1.50 bits per heavy atom.